The molecule has 0 aliphatic heterocycles. The Balaban J connectivity index is 2.00. The maximum Gasteiger partial charge on any atom is 0.314 e. The van der Waals surface area contributed by atoms with Gasteiger partial charge in [0.1, 0.15) is 16.3 Å². The van der Waals surface area contributed by atoms with Crippen molar-refractivity contribution in [3.63, 3.8) is 0 Å². The molecular weight excluding hydrogens is 293 g/mol. The first-order valence-electron chi connectivity index (χ1n) is 5.52. The Bertz CT molecular complexity index is 628. The Kier molecular flexibility index (Phi) is 3.13. The molecule has 3 rings (SSSR count). The number of carbonyl (C=O) groups is 1. The highest BCUT2D eigenvalue weighted by atomic mass is 35.5. The Labute approximate surface area is 117 Å². The topological polar surface area (TPSA) is 54.9 Å². The van der Waals surface area contributed by atoms with Gasteiger partial charge in [0.05, 0.1) is 5.39 Å². The van der Waals surface area contributed by atoms with Crippen LogP contribution in [-0.2, 0) is 12.8 Å². The van der Waals surface area contributed by atoms with Crippen molar-refractivity contribution < 1.29 is 4.79 Å². The summed E-state index contributed by atoms with van der Waals surface area (Å²) in [5.41, 5.74) is 1.22. The summed E-state index contributed by atoms with van der Waals surface area (Å²) in [6, 6.07) is 0.0993. The number of carbonyl (C=O) groups excluding carboxylic acids is 1. The van der Waals surface area contributed by atoms with E-state index in [9.17, 15) is 4.79 Å². The molecule has 2 heterocycles. The first kappa shape index (κ1) is 12.1. The fraction of sp³-hybridized carbons (Fsp3) is 0.364. The van der Waals surface area contributed by atoms with Crippen molar-refractivity contribution in [2.24, 2.45) is 0 Å². The van der Waals surface area contributed by atoms with Crippen LogP contribution in [0.1, 0.15) is 16.9 Å². The number of rotatable bonds is 1. The minimum absolute atomic E-state index is 0.0993. The van der Waals surface area contributed by atoms with Crippen LogP contribution in [-0.4, -0.2) is 21.4 Å². The number of nitrogens with zero attached hydrogens (tertiary/aromatic N) is 2. The van der Waals surface area contributed by atoms with E-state index in [1.165, 1.54) is 16.8 Å². The van der Waals surface area contributed by atoms with Gasteiger partial charge in [-0.25, -0.2) is 9.97 Å². The average molecular weight is 302 g/mol. The molecule has 0 radical (unpaired) electrons. The highest BCUT2D eigenvalue weighted by Gasteiger charge is 2.25. The van der Waals surface area contributed by atoms with E-state index in [0.717, 1.165) is 29.5 Å². The second-order valence-corrected chi connectivity index (χ2v) is 5.99. The van der Waals surface area contributed by atoms with Gasteiger partial charge in [0.25, 0.3) is 0 Å². The van der Waals surface area contributed by atoms with Crippen LogP contribution in [0.3, 0.4) is 0 Å². The lowest BCUT2D eigenvalue weighted by atomic mass is 9.93. The first-order valence-corrected chi connectivity index (χ1v) is 7.09. The maximum atomic E-state index is 10.9. The highest BCUT2D eigenvalue weighted by molar-refractivity contribution is 7.19. The van der Waals surface area contributed by atoms with Crippen molar-refractivity contribution in [1.82, 2.24) is 15.3 Å². The van der Waals surface area contributed by atoms with Crippen molar-refractivity contribution in [1.29, 1.82) is 0 Å². The SMILES string of the molecule is O=C(Cl)NC1CCc2c(sc3ncnc(Cl)c23)C1. The largest absolute Gasteiger partial charge is 0.339 e. The number of hydrogen-bond donors (Lipinski definition) is 1. The van der Waals surface area contributed by atoms with Crippen LogP contribution in [0.4, 0.5) is 4.79 Å². The summed E-state index contributed by atoms with van der Waals surface area (Å²) in [5.74, 6) is 0. The van der Waals surface area contributed by atoms with Crippen molar-refractivity contribution >= 4 is 50.1 Å². The smallest absolute Gasteiger partial charge is 0.314 e. The first-order chi connectivity index (χ1) is 8.65. The summed E-state index contributed by atoms with van der Waals surface area (Å²) in [6.45, 7) is 0. The lowest BCUT2D eigenvalue weighted by molar-refractivity contribution is 0.255. The van der Waals surface area contributed by atoms with E-state index in [4.69, 9.17) is 23.2 Å². The number of aromatic nitrogens is 2. The molecule has 94 valence electrons. The van der Waals surface area contributed by atoms with Gasteiger partial charge in [-0.1, -0.05) is 11.6 Å². The summed E-state index contributed by atoms with van der Waals surface area (Å²) in [6.07, 6.45) is 3.99. The Morgan fingerprint density at radius 1 is 1.50 bits per heavy atom. The molecule has 1 atom stereocenters. The summed E-state index contributed by atoms with van der Waals surface area (Å²) in [5, 5.41) is 3.73. The fourth-order valence-electron chi connectivity index (χ4n) is 2.36. The minimum Gasteiger partial charge on any atom is -0.339 e. The number of hydrogen-bond acceptors (Lipinski definition) is 4. The zero-order chi connectivity index (χ0) is 12.7. The van der Waals surface area contributed by atoms with Crippen molar-refractivity contribution in [3.8, 4) is 0 Å². The van der Waals surface area contributed by atoms with E-state index in [1.54, 1.807) is 11.3 Å². The summed E-state index contributed by atoms with van der Waals surface area (Å²) in [4.78, 5) is 21.3. The summed E-state index contributed by atoms with van der Waals surface area (Å²) < 4.78 is 0. The standard InChI is InChI=1S/C11H9Cl2N3OS/c12-9-8-6-2-1-5(16-11(13)17)3-7(6)18-10(8)15-4-14-9/h4-5H,1-3H2,(H,16,17). The van der Waals surface area contributed by atoms with E-state index >= 15 is 0 Å². The monoisotopic (exact) mass is 301 g/mol. The van der Waals surface area contributed by atoms with Gasteiger partial charge in [-0.05, 0) is 30.0 Å². The van der Waals surface area contributed by atoms with Crippen LogP contribution in [0.5, 0.6) is 0 Å². The lowest BCUT2D eigenvalue weighted by Gasteiger charge is -2.22. The van der Waals surface area contributed by atoms with Crippen LogP contribution in [0.15, 0.2) is 6.33 Å². The van der Waals surface area contributed by atoms with Crippen LogP contribution in [0.25, 0.3) is 10.2 Å². The van der Waals surface area contributed by atoms with Crippen LogP contribution in [0, 0.1) is 0 Å². The zero-order valence-corrected chi connectivity index (χ0v) is 11.6. The number of fused-ring (bicyclic) bond motifs is 3. The predicted octanol–water partition coefficient (Wildman–Crippen LogP) is 3.15. The molecule has 0 spiro atoms. The fourth-order valence-corrected chi connectivity index (χ4v) is 4.08. The summed E-state index contributed by atoms with van der Waals surface area (Å²) in [7, 11) is 0. The van der Waals surface area contributed by atoms with E-state index < -0.39 is 5.37 Å². The average Bonchev–Trinajstić information content (AvgIpc) is 2.66. The van der Waals surface area contributed by atoms with E-state index in [1.807, 2.05) is 0 Å². The third kappa shape index (κ3) is 2.06. The van der Waals surface area contributed by atoms with Gasteiger partial charge in [-0.15, -0.1) is 11.3 Å². The van der Waals surface area contributed by atoms with Crippen LogP contribution < -0.4 is 5.32 Å². The molecule has 4 nitrogen and oxygen atoms in total. The second-order valence-electron chi connectivity index (χ2n) is 4.21. The van der Waals surface area contributed by atoms with E-state index in [-0.39, 0.29) is 6.04 Å². The number of thiophene rings is 1. The molecule has 0 saturated carbocycles. The molecule has 7 heteroatoms. The zero-order valence-electron chi connectivity index (χ0n) is 9.24. The van der Waals surface area contributed by atoms with Gasteiger partial charge in [0.15, 0.2) is 0 Å². The van der Waals surface area contributed by atoms with Crippen molar-refractivity contribution in [2.45, 2.75) is 25.3 Å². The molecule has 1 amide bonds. The number of aryl methyl sites for hydroxylation is 1. The molecule has 2 aromatic rings. The quantitative estimate of drug-likeness (QED) is 0.500. The van der Waals surface area contributed by atoms with Gasteiger partial charge in [0, 0.05) is 17.3 Å². The molecule has 0 aromatic carbocycles. The minimum atomic E-state index is -0.498. The molecule has 0 saturated heterocycles. The normalized spacial score (nSPS) is 18.7. The maximum absolute atomic E-state index is 10.9. The Morgan fingerprint density at radius 2 is 2.33 bits per heavy atom. The Morgan fingerprint density at radius 3 is 3.11 bits per heavy atom. The summed E-state index contributed by atoms with van der Waals surface area (Å²) >= 11 is 13.1. The highest BCUT2D eigenvalue weighted by Crippen LogP contribution is 2.37. The number of halogens is 2. The van der Waals surface area contributed by atoms with Crippen molar-refractivity contribution in [2.75, 3.05) is 0 Å². The Hall–Kier alpha value is -0.910. The van der Waals surface area contributed by atoms with Gasteiger partial charge in [-0.2, -0.15) is 0 Å². The van der Waals surface area contributed by atoms with Crippen molar-refractivity contribution in [3.05, 3.63) is 21.9 Å². The number of amides is 1. The van der Waals surface area contributed by atoms with Gasteiger partial charge in [-0.3, -0.25) is 4.79 Å². The second kappa shape index (κ2) is 4.64. The van der Waals surface area contributed by atoms with E-state index in [2.05, 4.69) is 15.3 Å². The molecule has 2 aromatic heterocycles. The van der Waals surface area contributed by atoms with E-state index in [0.29, 0.717) is 5.15 Å². The molecule has 1 aliphatic rings. The van der Waals surface area contributed by atoms with Crippen LogP contribution >= 0.6 is 34.5 Å². The predicted molar refractivity (Wildman–Crippen MR) is 72.6 cm³/mol. The van der Waals surface area contributed by atoms with Gasteiger partial charge in [0.2, 0.25) is 0 Å². The molecule has 1 unspecified atom stereocenters. The van der Waals surface area contributed by atoms with Gasteiger partial charge < -0.3 is 5.32 Å². The third-order valence-corrected chi connectivity index (χ3v) is 4.67. The van der Waals surface area contributed by atoms with Crippen LogP contribution in [0.2, 0.25) is 5.15 Å². The molecule has 0 bridgehead atoms. The number of nitrogens with one attached hydrogen (secondary N) is 1. The molecular formula is C11H9Cl2N3OS. The molecule has 1 aliphatic carbocycles. The van der Waals surface area contributed by atoms with Gasteiger partial charge >= 0.3 is 5.37 Å². The third-order valence-electron chi connectivity index (χ3n) is 3.12. The molecule has 0 fully saturated rings. The molecule has 18 heavy (non-hydrogen) atoms. The lowest BCUT2D eigenvalue weighted by Crippen LogP contribution is -2.35. The molecule has 1 N–H and O–H groups in total.